The van der Waals surface area contributed by atoms with Gasteiger partial charge in [0.25, 0.3) is 0 Å². The lowest BCUT2D eigenvalue weighted by Gasteiger charge is -2.28. The Kier molecular flexibility index (Phi) is 6.32. The van der Waals surface area contributed by atoms with Gasteiger partial charge in [-0.25, -0.2) is 0 Å². The quantitative estimate of drug-likeness (QED) is 0.693. The molecule has 3 rings (SSSR count). The van der Waals surface area contributed by atoms with Crippen LogP contribution in [0.15, 0.2) is 24.3 Å². The Hall–Kier alpha value is -2.57. The lowest BCUT2D eigenvalue weighted by Crippen LogP contribution is -2.49. The van der Waals surface area contributed by atoms with Crippen LogP contribution in [0.5, 0.6) is 0 Å². The molecule has 1 heterocycles. The summed E-state index contributed by atoms with van der Waals surface area (Å²) in [5, 5.41) is 8.59. The number of nitrogens with one attached hydrogen (secondary N) is 3. The fraction of sp³-hybridized carbons (Fsp3) is 0.550. The van der Waals surface area contributed by atoms with Gasteiger partial charge >= 0.3 is 0 Å². The molecular formula is C20H28N4O3. The lowest BCUT2D eigenvalue weighted by atomic mass is 9.97. The molecule has 2 fully saturated rings. The first-order valence-corrected chi connectivity index (χ1v) is 9.68. The average molecular weight is 372 g/mol. The van der Waals surface area contributed by atoms with Crippen LogP contribution in [0.3, 0.4) is 0 Å². The Morgan fingerprint density at radius 1 is 1.22 bits per heavy atom. The molecule has 7 nitrogen and oxygen atoms in total. The fourth-order valence-corrected chi connectivity index (χ4v) is 3.89. The van der Waals surface area contributed by atoms with Crippen molar-refractivity contribution in [2.75, 3.05) is 24.5 Å². The summed E-state index contributed by atoms with van der Waals surface area (Å²) < 4.78 is 0. The molecular weight excluding hydrogens is 344 g/mol. The molecule has 3 amide bonds. The van der Waals surface area contributed by atoms with E-state index in [-0.39, 0.29) is 23.6 Å². The van der Waals surface area contributed by atoms with Gasteiger partial charge in [0.05, 0.1) is 6.54 Å². The van der Waals surface area contributed by atoms with Crippen LogP contribution in [-0.4, -0.2) is 43.4 Å². The first-order valence-electron chi connectivity index (χ1n) is 9.68. The molecule has 1 atom stereocenters. The fourth-order valence-electron chi connectivity index (χ4n) is 3.89. The summed E-state index contributed by atoms with van der Waals surface area (Å²) in [7, 11) is 0. The zero-order chi connectivity index (χ0) is 19.2. The van der Waals surface area contributed by atoms with Crippen LogP contribution in [0.4, 0.5) is 5.69 Å². The molecule has 3 N–H and O–H groups in total. The summed E-state index contributed by atoms with van der Waals surface area (Å²) in [6, 6.07) is 7.43. The summed E-state index contributed by atoms with van der Waals surface area (Å²) in [6.07, 6.45) is 4.20. The number of carbonyl (C=O) groups is 3. The molecule has 0 spiro atoms. The van der Waals surface area contributed by atoms with Crippen LogP contribution in [0.2, 0.25) is 0 Å². The number of hydrogen-bond acceptors (Lipinski definition) is 4. The van der Waals surface area contributed by atoms with Crippen molar-refractivity contribution < 1.29 is 14.4 Å². The predicted molar refractivity (Wildman–Crippen MR) is 103 cm³/mol. The van der Waals surface area contributed by atoms with Gasteiger partial charge in [0, 0.05) is 32.2 Å². The molecule has 146 valence electrons. The minimum atomic E-state index is -0.448. The first-order chi connectivity index (χ1) is 13.0. The summed E-state index contributed by atoms with van der Waals surface area (Å²) in [6.45, 7) is 3.69. The predicted octanol–water partition coefficient (Wildman–Crippen LogP) is 0.934. The largest absolute Gasteiger partial charge is 0.360 e. The van der Waals surface area contributed by atoms with Gasteiger partial charge in [-0.05, 0) is 36.5 Å². The van der Waals surface area contributed by atoms with Crippen molar-refractivity contribution in [1.82, 2.24) is 16.0 Å². The average Bonchev–Trinajstić information content (AvgIpc) is 3.19. The molecule has 0 radical (unpaired) electrons. The summed E-state index contributed by atoms with van der Waals surface area (Å²) in [5.41, 5.74) is 1.99. The van der Waals surface area contributed by atoms with Crippen LogP contribution in [0.25, 0.3) is 0 Å². The molecule has 1 aliphatic heterocycles. The van der Waals surface area contributed by atoms with E-state index in [2.05, 4.69) is 16.0 Å². The van der Waals surface area contributed by atoms with E-state index in [1.807, 2.05) is 29.2 Å². The van der Waals surface area contributed by atoms with E-state index in [0.29, 0.717) is 19.6 Å². The zero-order valence-corrected chi connectivity index (χ0v) is 15.8. The normalized spacial score (nSPS) is 18.7. The maximum Gasteiger partial charge on any atom is 0.243 e. The molecule has 1 unspecified atom stereocenters. The van der Waals surface area contributed by atoms with Crippen LogP contribution >= 0.6 is 0 Å². The number of anilines is 1. The second kappa shape index (κ2) is 8.88. The van der Waals surface area contributed by atoms with Gasteiger partial charge < -0.3 is 20.9 Å². The SMILES string of the molecule is CC(=O)NC(C(=O)NCc1ccc(N2CCNC(=O)C2)cc1)C1CCCC1. The molecule has 27 heavy (non-hydrogen) atoms. The van der Waals surface area contributed by atoms with Crippen LogP contribution in [0.1, 0.15) is 38.2 Å². The Labute approximate surface area is 159 Å². The zero-order valence-electron chi connectivity index (χ0n) is 15.8. The van der Waals surface area contributed by atoms with E-state index in [1.165, 1.54) is 6.92 Å². The van der Waals surface area contributed by atoms with Gasteiger partial charge in [-0.15, -0.1) is 0 Å². The van der Waals surface area contributed by atoms with Crippen LogP contribution < -0.4 is 20.9 Å². The van der Waals surface area contributed by atoms with Gasteiger partial charge in [-0.3, -0.25) is 14.4 Å². The van der Waals surface area contributed by atoms with Crippen molar-refractivity contribution in [3.8, 4) is 0 Å². The second-order valence-electron chi connectivity index (χ2n) is 7.38. The summed E-state index contributed by atoms with van der Waals surface area (Å²) in [5.74, 6) is -0.0270. The Balaban J connectivity index is 1.55. The van der Waals surface area contributed by atoms with Gasteiger partial charge in [-0.2, -0.15) is 0 Å². The maximum absolute atomic E-state index is 12.6. The van der Waals surface area contributed by atoms with Gasteiger partial charge in [0.1, 0.15) is 6.04 Å². The third kappa shape index (κ3) is 5.21. The summed E-state index contributed by atoms with van der Waals surface area (Å²) in [4.78, 5) is 37.6. The van der Waals surface area contributed by atoms with Crippen molar-refractivity contribution >= 4 is 23.4 Å². The van der Waals surface area contributed by atoms with Gasteiger partial charge in [0.2, 0.25) is 17.7 Å². The topological polar surface area (TPSA) is 90.5 Å². The Bertz CT molecular complexity index is 683. The summed E-state index contributed by atoms with van der Waals surface area (Å²) >= 11 is 0. The van der Waals surface area contributed by atoms with Crippen LogP contribution in [-0.2, 0) is 20.9 Å². The third-order valence-electron chi connectivity index (χ3n) is 5.32. The number of rotatable bonds is 6. The molecule has 1 saturated carbocycles. The highest BCUT2D eigenvalue weighted by atomic mass is 16.2. The highest BCUT2D eigenvalue weighted by Gasteiger charge is 2.31. The minimum absolute atomic E-state index is 0.0357. The Morgan fingerprint density at radius 3 is 2.56 bits per heavy atom. The van der Waals surface area contributed by atoms with Gasteiger partial charge in [-0.1, -0.05) is 25.0 Å². The number of benzene rings is 1. The van der Waals surface area contributed by atoms with E-state index in [0.717, 1.165) is 43.5 Å². The monoisotopic (exact) mass is 372 g/mol. The van der Waals surface area contributed by atoms with E-state index in [1.54, 1.807) is 0 Å². The third-order valence-corrected chi connectivity index (χ3v) is 5.32. The number of nitrogens with zero attached hydrogens (tertiary/aromatic N) is 1. The van der Waals surface area contributed by atoms with E-state index in [9.17, 15) is 14.4 Å². The van der Waals surface area contributed by atoms with Crippen molar-refractivity contribution in [1.29, 1.82) is 0 Å². The second-order valence-corrected chi connectivity index (χ2v) is 7.38. The molecule has 1 aromatic carbocycles. The van der Waals surface area contributed by atoms with E-state index >= 15 is 0 Å². The number of hydrogen-bond donors (Lipinski definition) is 3. The molecule has 0 aromatic heterocycles. The number of amides is 3. The molecule has 7 heteroatoms. The molecule has 2 aliphatic rings. The minimum Gasteiger partial charge on any atom is -0.360 e. The molecule has 1 aliphatic carbocycles. The van der Waals surface area contributed by atoms with Crippen molar-refractivity contribution in [2.45, 2.75) is 45.2 Å². The maximum atomic E-state index is 12.6. The van der Waals surface area contributed by atoms with Crippen molar-refractivity contribution in [3.63, 3.8) is 0 Å². The number of carbonyl (C=O) groups excluding carboxylic acids is 3. The van der Waals surface area contributed by atoms with Crippen molar-refractivity contribution in [2.24, 2.45) is 5.92 Å². The highest BCUT2D eigenvalue weighted by molar-refractivity contribution is 5.87. The Morgan fingerprint density at radius 2 is 1.93 bits per heavy atom. The molecule has 1 saturated heterocycles. The smallest absolute Gasteiger partial charge is 0.243 e. The van der Waals surface area contributed by atoms with Gasteiger partial charge in [0.15, 0.2) is 0 Å². The highest BCUT2D eigenvalue weighted by Crippen LogP contribution is 2.28. The lowest BCUT2D eigenvalue weighted by molar-refractivity contribution is -0.129. The molecule has 0 bridgehead atoms. The van der Waals surface area contributed by atoms with E-state index in [4.69, 9.17) is 0 Å². The van der Waals surface area contributed by atoms with Crippen molar-refractivity contribution in [3.05, 3.63) is 29.8 Å². The number of piperazine rings is 1. The van der Waals surface area contributed by atoms with E-state index < -0.39 is 6.04 Å². The van der Waals surface area contributed by atoms with Crippen LogP contribution in [0, 0.1) is 5.92 Å². The first kappa shape index (κ1) is 19.2. The standard InChI is InChI=1S/C20H28N4O3/c1-14(25)23-19(16-4-2-3-5-16)20(27)22-12-15-6-8-17(9-7-15)24-11-10-21-18(26)13-24/h6-9,16,19H,2-5,10-13H2,1H3,(H,21,26)(H,22,27)(H,23,25). The molecule has 1 aromatic rings.